The van der Waals surface area contributed by atoms with E-state index in [4.69, 9.17) is 15.4 Å². The summed E-state index contributed by atoms with van der Waals surface area (Å²) in [7, 11) is -3.71. The lowest BCUT2D eigenvalue weighted by Crippen LogP contribution is -2.42. The Morgan fingerprint density at radius 3 is 1.75 bits per heavy atom. The highest BCUT2D eigenvalue weighted by atomic mass is 32.2. The van der Waals surface area contributed by atoms with Gasteiger partial charge < -0.3 is 10.2 Å². The molecule has 4 N–H and O–H groups in total. The van der Waals surface area contributed by atoms with Crippen LogP contribution in [0.25, 0.3) is 0 Å². The van der Waals surface area contributed by atoms with E-state index in [-0.39, 0.29) is 26.1 Å². The van der Waals surface area contributed by atoms with Crippen LogP contribution in [0.2, 0.25) is 0 Å². The van der Waals surface area contributed by atoms with Gasteiger partial charge in [0.25, 0.3) is 0 Å². The Kier molecular flexibility index (Phi) is 4.12. The summed E-state index contributed by atoms with van der Waals surface area (Å²) in [4.78, 5) is 0. The van der Waals surface area contributed by atoms with Gasteiger partial charge in [0.05, 0.1) is 4.75 Å². The minimum atomic E-state index is -3.71. The molecule has 0 rings (SSSR count). The average Bonchev–Trinajstić information content (AvgIpc) is 1.86. The zero-order valence-electron chi connectivity index (χ0n) is 7.02. The molecule has 0 fully saturated rings. The van der Waals surface area contributed by atoms with E-state index in [0.717, 1.165) is 0 Å². The Morgan fingerprint density at radius 2 is 1.58 bits per heavy atom. The van der Waals surface area contributed by atoms with Gasteiger partial charge in [0, 0.05) is 13.2 Å². The highest BCUT2D eigenvalue weighted by Crippen LogP contribution is 2.22. The first kappa shape index (κ1) is 11.8. The van der Waals surface area contributed by atoms with Crippen LogP contribution in [0, 0.1) is 0 Å². The molecule has 0 aromatic carbocycles. The van der Waals surface area contributed by atoms with Gasteiger partial charge in [-0.25, -0.2) is 13.6 Å². The lowest BCUT2D eigenvalue weighted by molar-refractivity contribution is 0.231. The van der Waals surface area contributed by atoms with Crippen molar-refractivity contribution in [1.29, 1.82) is 0 Å². The van der Waals surface area contributed by atoms with Crippen LogP contribution in [0.15, 0.2) is 0 Å². The number of primary sulfonamides is 1. The molecule has 0 aliphatic rings. The summed E-state index contributed by atoms with van der Waals surface area (Å²) >= 11 is 0. The lowest BCUT2D eigenvalue weighted by atomic mass is 10.0. The number of hydrogen-bond acceptors (Lipinski definition) is 4. The minimum absolute atomic E-state index is 0.0480. The van der Waals surface area contributed by atoms with E-state index >= 15 is 0 Å². The molecule has 0 aliphatic carbocycles. The van der Waals surface area contributed by atoms with Crippen molar-refractivity contribution in [1.82, 2.24) is 0 Å². The fourth-order valence-corrected chi connectivity index (χ4v) is 1.63. The monoisotopic (exact) mass is 197 g/mol. The average molecular weight is 197 g/mol. The normalized spacial score (nSPS) is 13.3. The number of aliphatic hydroxyl groups excluding tert-OH is 2. The van der Waals surface area contributed by atoms with Gasteiger partial charge in [-0.1, -0.05) is 0 Å². The van der Waals surface area contributed by atoms with Crippen molar-refractivity contribution in [2.45, 2.75) is 24.5 Å². The van der Waals surface area contributed by atoms with Crippen molar-refractivity contribution in [3.8, 4) is 0 Å². The van der Waals surface area contributed by atoms with Gasteiger partial charge in [-0.05, 0) is 19.8 Å². The zero-order chi connectivity index (χ0) is 9.83. The van der Waals surface area contributed by atoms with E-state index in [1.54, 1.807) is 0 Å². The van der Waals surface area contributed by atoms with E-state index in [1.807, 2.05) is 0 Å². The van der Waals surface area contributed by atoms with Gasteiger partial charge in [0.2, 0.25) is 10.0 Å². The van der Waals surface area contributed by atoms with E-state index in [1.165, 1.54) is 6.92 Å². The molecule has 0 aromatic heterocycles. The summed E-state index contributed by atoms with van der Waals surface area (Å²) in [5.74, 6) is 0. The Morgan fingerprint density at radius 1 is 1.25 bits per heavy atom. The molecule has 0 atom stereocenters. The Hall–Kier alpha value is -0.170. The smallest absolute Gasteiger partial charge is 0.214 e. The fourth-order valence-electron chi connectivity index (χ4n) is 0.883. The molecule has 0 unspecified atom stereocenters. The number of hydrogen-bond donors (Lipinski definition) is 3. The first-order valence-corrected chi connectivity index (χ1v) is 5.16. The molecule has 0 amide bonds. The minimum Gasteiger partial charge on any atom is -0.396 e. The second kappa shape index (κ2) is 4.18. The van der Waals surface area contributed by atoms with Crippen LogP contribution < -0.4 is 5.14 Å². The molecular weight excluding hydrogens is 182 g/mol. The third-order valence-electron chi connectivity index (χ3n) is 1.97. The molecule has 0 bridgehead atoms. The SMILES string of the molecule is CC(CCO)(CCO)S(N)(=O)=O. The van der Waals surface area contributed by atoms with E-state index in [9.17, 15) is 8.42 Å². The van der Waals surface area contributed by atoms with Crippen LogP contribution in [0.3, 0.4) is 0 Å². The lowest BCUT2D eigenvalue weighted by Gasteiger charge is -2.24. The molecule has 6 heteroatoms. The highest BCUT2D eigenvalue weighted by molar-refractivity contribution is 7.90. The standard InChI is InChI=1S/C6H15NO4S/c1-6(2-4-8,3-5-9)12(7,10)11/h8-9H,2-5H2,1H3,(H2,7,10,11). The van der Waals surface area contributed by atoms with Gasteiger partial charge in [0.1, 0.15) is 0 Å². The van der Waals surface area contributed by atoms with Crippen molar-refractivity contribution in [2.75, 3.05) is 13.2 Å². The molecule has 0 aliphatic heterocycles. The van der Waals surface area contributed by atoms with Gasteiger partial charge >= 0.3 is 0 Å². The molecule has 5 nitrogen and oxygen atoms in total. The number of aliphatic hydroxyl groups is 2. The van der Waals surface area contributed by atoms with E-state index < -0.39 is 14.8 Å². The molecule has 74 valence electrons. The highest BCUT2D eigenvalue weighted by Gasteiger charge is 2.35. The van der Waals surface area contributed by atoms with Crippen LogP contribution in [-0.2, 0) is 10.0 Å². The second-order valence-corrected chi connectivity index (χ2v) is 5.02. The molecular formula is C6H15NO4S. The fraction of sp³-hybridized carbons (Fsp3) is 1.00. The van der Waals surface area contributed by atoms with Crippen molar-refractivity contribution in [2.24, 2.45) is 5.14 Å². The summed E-state index contributed by atoms with van der Waals surface area (Å²) in [5.41, 5.74) is 0. The number of nitrogens with two attached hydrogens (primary N) is 1. The van der Waals surface area contributed by atoms with Crippen LogP contribution in [0.1, 0.15) is 19.8 Å². The van der Waals surface area contributed by atoms with E-state index in [0.29, 0.717) is 0 Å². The molecule has 0 heterocycles. The van der Waals surface area contributed by atoms with Gasteiger partial charge in [-0.3, -0.25) is 0 Å². The summed E-state index contributed by atoms with van der Waals surface area (Å²) in [6.07, 6.45) is 0.0960. The molecule has 0 aromatic rings. The Labute approximate surface area is 72.3 Å². The number of rotatable bonds is 5. The zero-order valence-corrected chi connectivity index (χ0v) is 7.84. The first-order valence-electron chi connectivity index (χ1n) is 3.61. The molecule has 12 heavy (non-hydrogen) atoms. The summed E-state index contributed by atoms with van der Waals surface area (Å²) < 4.78 is 20.8. The maximum atomic E-state index is 11.0. The maximum Gasteiger partial charge on any atom is 0.214 e. The first-order chi connectivity index (χ1) is 5.37. The van der Waals surface area contributed by atoms with Crippen LogP contribution in [-0.4, -0.2) is 36.6 Å². The topological polar surface area (TPSA) is 101 Å². The van der Waals surface area contributed by atoms with Gasteiger partial charge in [-0.2, -0.15) is 0 Å². The maximum absolute atomic E-state index is 11.0. The summed E-state index contributed by atoms with van der Waals surface area (Å²) in [6.45, 7) is 0.897. The second-order valence-electron chi connectivity index (χ2n) is 2.94. The largest absolute Gasteiger partial charge is 0.396 e. The number of sulfonamides is 1. The van der Waals surface area contributed by atoms with E-state index in [2.05, 4.69) is 0 Å². The van der Waals surface area contributed by atoms with Crippen LogP contribution in [0.5, 0.6) is 0 Å². The molecule has 0 spiro atoms. The van der Waals surface area contributed by atoms with Crippen molar-refractivity contribution in [3.63, 3.8) is 0 Å². The Balaban J connectivity index is 4.62. The van der Waals surface area contributed by atoms with Gasteiger partial charge in [0.15, 0.2) is 0 Å². The molecule has 0 saturated carbocycles. The van der Waals surface area contributed by atoms with Crippen molar-refractivity contribution >= 4 is 10.0 Å². The Bertz CT molecular complexity index is 218. The molecule has 0 radical (unpaired) electrons. The van der Waals surface area contributed by atoms with Crippen molar-refractivity contribution in [3.05, 3.63) is 0 Å². The van der Waals surface area contributed by atoms with Crippen LogP contribution >= 0.6 is 0 Å². The third-order valence-corrected chi connectivity index (χ3v) is 3.75. The summed E-state index contributed by atoms with van der Waals surface area (Å²) in [5, 5.41) is 22.1. The summed E-state index contributed by atoms with van der Waals surface area (Å²) in [6, 6.07) is 0. The predicted molar refractivity (Wildman–Crippen MR) is 44.9 cm³/mol. The quantitative estimate of drug-likeness (QED) is 0.515. The third kappa shape index (κ3) is 2.71. The predicted octanol–water partition coefficient (Wildman–Crippen LogP) is -1.20. The van der Waals surface area contributed by atoms with Crippen molar-refractivity contribution < 1.29 is 18.6 Å². The van der Waals surface area contributed by atoms with Crippen LogP contribution in [0.4, 0.5) is 0 Å². The molecule has 0 saturated heterocycles. The van der Waals surface area contributed by atoms with Gasteiger partial charge in [-0.15, -0.1) is 0 Å².